The topological polar surface area (TPSA) is 52.9 Å². The number of nitrogens with one attached hydrogen (secondary N) is 1. The van der Waals surface area contributed by atoms with Gasteiger partial charge in [0.15, 0.2) is 0 Å². The Labute approximate surface area is 93.7 Å². The molecule has 1 amide bonds. The van der Waals surface area contributed by atoms with Crippen molar-refractivity contribution in [2.75, 3.05) is 0 Å². The lowest BCUT2D eigenvalue weighted by atomic mass is 10.2. The van der Waals surface area contributed by atoms with Crippen LogP contribution >= 0.6 is 11.6 Å². The van der Waals surface area contributed by atoms with Crippen molar-refractivity contribution < 1.29 is 4.79 Å². The molecule has 0 aliphatic rings. The van der Waals surface area contributed by atoms with Crippen LogP contribution in [0.15, 0.2) is 24.3 Å². The molecule has 0 radical (unpaired) electrons. The molecule has 0 heterocycles. The molecule has 3 nitrogen and oxygen atoms in total. The molecule has 1 aromatic rings. The van der Waals surface area contributed by atoms with Crippen molar-refractivity contribution in [1.29, 1.82) is 5.26 Å². The molecule has 0 aliphatic heterocycles. The van der Waals surface area contributed by atoms with Crippen LogP contribution < -0.4 is 5.32 Å². The van der Waals surface area contributed by atoms with Crippen LogP contribution in [0, 0.1) is 11.3 Å². The predicted molar refractivity (Wildman–Crippen MR) is 58.6 cm³/mol. The van der Waals surface area contributed by atoms with E-state index in [0.717, 1.165) is 0 Å². The zero-order valence-corrected chi connectivity index (χ0v) is 9.08. The van der Waals surface area contributed by atoms with E-state index in [-0.39, 0.29) is 5.91 Å². The molecule has 1 unspecified atom stereocenters. The molecule has 4 heteroatoms. The molecule has 1 N–H and O–H groups in total. The van der Waals surface area contributed by atoms with Crippen LogP contribution in [0.3, 0.4) is 0 Å². The maximum Gasteiger partial charge on any atom is 0.253 e. The summed E-state index contributed by atoms with van der Waals surface area (Å²) in [5.41, 5.74) is 0.396. The molecule has 0 saturated carbocycles. The molecule has 0 spiro atoms. The highest BCUT2D eigenvalue weighted by atomic mass is 35.5. The molecular weight excluding hydrogens is 212 g/mol. The molecule has 0 aliphatic carbocycles. The van der Waals surface area contributed by atoms with E-state index in [1.165, 1.54) is 0 Å². The number of amides is 1. The van der Waals surface area contributed by atoms with Crippen molar-refractivity contribution in [1.82, 2.24) is 5.32 Å². The Morgan fingerprint density at radius 1 is 1.60 bits per heavy atom. The fourth-order valence-corrected chi connectivity index (χ4v) is 1.33. The van der Waals surface area contributed by atoms with Gasteiger partial charge in [-0.3, -0.25) is 4.79 Å². The minimum Gasteiger partial charge on any atom is -0.336 e. The number of nitrogens with zero attached hydrogens (tertiary/aromatic N) is 1. The number of hydrogen-bond acceptors (Lipinski definition) is 2. The van der Waals surface area contributed by atoms with Crippen LogP contribution in [0.5, 0.6) is 0 Å². The van der Waals surface area contributed by atoms with E-state index >= 15 is 0 Å². The summed E-state index contributed by atoms with van der Waals surface area (Å²) in [5, 5.41) is 11.7. The van der Waals surface area contributed by atoms with Crippen LogP contribution in [0.4, 0.5) is 0 Å². The smallest absolute Gasteiger partial charge is 0.253 e. The average molecular weight is 223 g/mol. The highest BCUT2D eigenvalue weighted by molar-refractivity contribution is 6.33. The second kappa shape index (κ2) is 5.38. The molecular formula is C11H11ClN2O. The van der Waals surface area contributed by atoms with Gasteiger partial charge < -0.3 is 5.32 Å². The minimum absolute atomic E-state index is 0.311. The average Bonchev–Trinajstić information content (AvgIpc) is 2.26. The van der Waals surface area contributed by atoms with E-state index in [0.29, 0.717) is 17.0 Å². The van der Waals surface area contributed by atoms with E-state index < -0.39 is 6.04 Å². The van der Waals surface area contributed by atoms with E-state index in [1.807, 2.05) is 13.0 Å². The summed E-state index contributed by atoms with van der Waals surface area (Å²) in [7, 11) is 0. The fraction of sp³-hybridized carbons (Fsp3) is 0.273. The van der Waals surface area contributed by atoms with Crippen molar-refractivity contribution in [2.45, 2.75) is 19.4 Å². The summed E-state index contributed by atoms with van der Waals surface area (Å²) >= 11 is 5.85. The molecule has 78 valence electrons. The Morgan fingerprint density at radius 3 is 2.80 bits per heavy atom. The van der Waals surface area contributed by atoms with Gasteiger partial charge in [0.05, 0.1) is 16.7 Å². The van der Waals surface area contributed by atoms with E-state index in [2.05, 4.69) is 5.32 Å². The van der Waals surface area contributed by atoms with Gasteiger partial charge in [-0.25, -0.2) is 0 Å². The zero-order chi connectivity index (χ0) is 11.3. The Hall–Kier alpha value is -1.53. The lowest BCUT2D eigenvalue weighted by Crippen LogP contribution is -2.33. The van der Waals surface area contributed by atoms with Gasteiger partial charge in [0.1, 0.15) is 6.04 Å². The first-order chi connectivity index (χ1) is 7.19. The maximum atomic E-state index is 11.6. The third-order valence-electron chi connectivity index (χ3n) is 1.99. The molecule has 15 heavy (non-hydrogen) atoms. The summed E-state index contributed by atoms with van der Waals surface area (Å²) in [6, 6.07) is 8.28. The number of carbonyl (C=O) groups excluding carboxylic acids is 1. The lowest BCUT2D eigenvalue weighted by molar-refractivity contribution is 0.0945. The van der Waals surface area contributed by atoms with Gasteiger partial charge in [0.2, 0.25) is 0 Å². The number of benzene rings is 1. The van der Waals surface area contributed by atoms with Crippen LogP contribution in [0.25, 0.3) is 0 Å². The normalized spacial score (nSPS) is 11.5. The first kappa shape index (κ1) is 11.5. The Balaban J connectivity index is 2.79. The number of hydrogen-bond donors (Lipinski definition) is 1. The zero-order valence-electron chi connectivity index (χ0n) is 8.33. The maximum absolute atomic E-state index is 11.6. The molecule has 0 fully saturated rings. The monoisotopic (exact) mass is 222 g/mol. The number of carbonyl (C=O) groups is 1. The lowest BCUT2D eigenvalue weighted by Gasteiger charge is -2.09. The minimum atomic E-state index is -0.464. The molecule has 1 rings (SSSR count). The molecule has 1 atom stereocenters. The largest absolute Gasteiger partial charge is 0.336 e. The van der Waals surface area contributed by atoms with Crippen molar-refractivity contribution in [2.24, 2.45) is 0 Å². The highest BCUT2D eigenvalue weighted by Gasteiger charge is 2.13. The number of rotatable bonds is 3. The highest BCUT2D eigenvalue weighted by Crippen LogP contribution is 2.14. The molecule has 0 bridgehead atoms. The summed E-state index contributed by atoms with van der Waals surface area (Å²) < 4.78 is 0. The van der Waals surface area contributed by atoms with Gasteiger partial charge >= 0.3 is 0 Å². The quantitative estimate of drug-likeness (QED) is 0.854. The predicted octanol–water partition coefficient (Wildman–Crippen LogP) is 2.37. The number of nitriles is 1. The van der Waals surface area contributed by atoms with Gasteiger partial charge in [0.25, 0.3) is 5.91 Å². The van der Waals surface area contributed by atoms with Crippen molar-refractivity contribution in [3.05, 3.63) is 34.9 Å². The van der Waals surface area contributed by atoms with Crippen LogP contribution in [0.2, 0.25) is 5.02 Å². The SMILES string of the molecule is CCC(C#N)NC(=O)c1ccccc1Cl. The Kier molecular flexibility index (Phi) is 4.14. The second-order valence-electron chi connectivity index (χ2n) is 3.04. The van der Waals surface area contributed by atoms with Crippen LogP contribution in [0.1, 0.15) is 23.7 Å². The fourth-order valence-electron chi connectivity index (χ4n) is 1.11. The molecule has 0 aromatic heterocycles. The van der Waals surface area contributed by atoms with Crippen molar-refractivity contribution >= 4 is 17.5 Å². The molecule has 0 saturated heterocycles. The Bertz CT molecular complexity index is 398. The van der Waals surface area contributed by atoms with E-state index in [1.54, 1.807) is 24.3 Å². The van der Waals surface area contributed by atoms with Crippen LogP contribution in [-0.2, 0) is 0 Å². The second-order valence-corrected chi connectivity index (χ2v) is 3.45. The first-order valence-electron chi connectivity index (χ1n) is 4.64. The third kappa shape index (κ3) is 2.97. The van der Waals surface area contributed by atoms with Crippen molar-refractivity contribution in [3.8, 4) is 6.07 Å². The van der Waals surface area contributed by atoms with Gasteiger partial charge in [0, 0.05) is 0 Å². The molecule has 1 aromatic carbocycles. The van der Waals surface area contributed by atoms with Gasteiger partial charge in [-0.15, -0.1) is 0 Å². The summed E-state index contributed by atoms with van der Waals surface area (Å²) in [6.07, 6.45) is 0.576. The summed E-state index contributed by atoms with van der Waals surface area (Å²) in [4.78, 5) is 11.6. The van der Waals surface area contributed by atoms with Gasteiger partial charge in [-0.1, -0.05) is 30.7 Å². The standard InChI is InChI=1S/C11H11ClN2O/c1-2-8(7-13)14-11(15)9-5-3-4-6-10(9)12/h3-6,8H,2H2,1H3,(H,14,15). The van der Waals surface area contributed by atoms with Crippen LogP contribution in [-0.4, -0.2) is 11.9 Å². The number of halogens is 1. The summed E-state index contributed by atoms with van der Waals surface area (Å²) in [6.45, 7) is 1.83. The van der Waals surface area contributed by atoms with Gasteiger partial charge in [-0.05, 0) is 18.6 Å². The van der Waals surface area contributed by atoms with Gasteiger partial charge in [-0.2, -0.15) is 5.26 Å². The van der Waals surface area contributed by atoms with E-state index in [9.17, 15) is 4.79 Å². The third-order valence-corrected chi connectivity index (χ3v) is 2.32. The first-order valence-corrected chi connectivity index (χ1v) is 5.01. The van der Waals surface area contributed by atoms with Crippen molar-refractivity contribution in [3.63, 3.8) is 0 Å². The Morgan fingerprint density at radius 2 is 2.27 bits per heavy atom. The van der Waals surface area contributed by atoms with E-state index in [4.69, 9.17) is 16.9 Å². The summed E-state index contributed by atoms with van der Waals surface area (Å²) in [5.74, 6) is -0.311.